The number of alkyl halides is 1. The molecule has 2 aromatic carbocycles. The molecule has 1 heterocycles. The number of carbonyl (C=O) groups excluding carboxylic acids is 1. The van der Waals surface area contributed by atoms with E-state index in [-0.39, 0.29) is 11.7 Å². The highest BCUT2D eigenvalue weighted by molar-refractivity contribution is 7.06. The zero-order valence-corrected chi connectivity index (χ0v) is 17.2. The lowest BCUT2D eigenvalue weighted by atomic mass is 9.97. The fraction of sp³-hybridized carbons (Fsp3) is 0.318. The molecule has 138 valence electrons. The van der Waals surface area contributed by atoms with Crippen LogP contribution in [0, 0.1) is 5.92 Å². The molecule has 1 atom stereocenters. The highest BCUT2D eigenvalue weighted by Crippen LogP contribution is 2.26. The first-order valence-electron chi connectivity index (χ1n) is 8.99. The minimum absolute atomic E-state index is 0.146. The molecule has 2 nitrogen and oxygen atoms in total. The summed E-state index contributed by atoms with van der Waals surface area (Å²) in [5.74, 6) is 0.983. The van der Waals surface area contributed by atoms with Gasteiger partial charge < -0.3 is 0 Å². The number of aromatic nitrogens is 1. The molecule has 0 fully saturated rings. The summed E-state index contributed by atoms with van der Waals surface area (Å²) in [5, 5.41) is 2.18. The average Bonchev–Trinajstić information content (AvgIpc) is 2.68. The van der Waals surface area contributed by atoms with Gasteiger partial charge >= 0.3 is 0 Å². The second kappa shape index (κ2) is 10.3. The Morgan fingerprint density at radius 1 is 1.08 bits per heavy atom. The van der Waals surface area contributed by atoms with Crippen molar-refractivity contribution in [3.8, 4) is 11.3 Å². The second-order valence-corrected chi connectivity index (χ2v) is 7.33. The molecule has 1 unspecified atom stereocenters. The van der Waals surface area contributed by atoms with Gasteiger partial charge in [-0.1, -0.05) is 80.0 Å². The summed E-state index contributed by atoms with van der Waals surface area (Å²) < 4.78 is 2.27. The van der Waals surface area contributed by atoms with Crippen LogP contribution in [0.3, 0.4) is 0 Å². The van der Waals surface area contributed by atoms with Crippen molar-refractivity contribution in [1.29, 1.82) is 0 Å². The van der Waals surface area contributed by atoms with E-state index in [1.54, 1.807) is 11.5 Å². The monoisotopic (exact) mass is 387 g/mol. The lowest BCUT2D eigenvalue weighted by Crippen LogP contribution is -2.09. The lowest BCUT2D eigenvalue weighted by molar-refractivity contribution is 0.0927. The summed E-state index contributed by atoms with van der Waals surface area (Å²) in [6.45, 7) is 7.21. The van der Waals surface area contributed by atoms with Gasteiger partial charge in [0.05, 0.1) is 5.69 Å². The van der Waals surface area contributed by atoms with Crippen LogP contribution < -0.4 is 0 Å². The van der Waals surface area contributed by atoms with Gasteiger partial charge in [-0.2, -0.15) is 0 Å². The van der Waals surface area contributed by atoms with Crippen molar-refractivity contribution >= 4 is 28.9 Å². The predicted molar refractivity (Wildman–Crippen MR) is 113 cm³/mol. The first-order chi connectivity index (χ1) is 12.6. The number of carbonyl (C=O) groups is 1. The maximum absolute atomic E-state index is 11.6. The summed E-state index contributed by atoms with van der Waals surface area (Å²) in [4.78, 5) is 11.6. The Kier molecular flexibility index (Phi) is 8.14. The number of Topliss-reactive ketones (excluding diaryl/α,β-unsaturated/α-hetero) is 1. The average molecular weight is 388 g/mol. The molecule has 0 aliphatic rings. The molecular formula is C22H26ClNOS. The second-order valence-electron chi connectivity index (χ2n) is 6.17. The summed E-state index contributed by atoms with van der Waals surface area (Å²) in [5.41, 5.74) is 4.59. The van der Waals surface area contributed by atoms with Gasteiger partial charge in [-0.25, -0.2) is 0 Å². The number of benzene rings is 2. The van der Waals surface area contributed by atoms with Gasteiger partial charge in [0.15, 0.2) is 5.78 Å². The van der Waals surface area contributed by atoms with E-state index in [0.29, 0.717) is 5.88 Å². The zero-order valence-electron chi connectivity index (χ0n) is 15.6. The van der Waals surface area contributed by atoms with E-state index in [9.17, 15) is 4.79 Å². The summed E-state index contributed by atoms with van der Waals surface area (Å²) in [6.07, 6.45) is 0.910. The molecule has 26 heavy (non-hydrogen) atoms. The topological polar surface area (TPSA) is 22.0 Å². The molecule has 0 spiro atoms. The van der Waals surface area contributed by atoms with Gasteiger partial charge in [0, 0.05) is 29.3 Å². The minimum atomic E-state index is 0.146. The Hall–Kier alpha value is -1.84. The number of nitrogens with zero attached hydrogens (tertiary/aromatic N) is 1. The molecule has 0 amide bonds. The van der Waals surface area contributed by atoms with Gasteiger partial charge in [0.1, 0.15) is 0 Å². The van der Waals surface area contributed by atoms with Gasteiger partial charge in [0.2, 0.25) is 0 Å². The normalized spacial score (nSPS) is 11.5. The van der Waals surface area contributed by atoms with Gasteiger partial charge in [0.25, 0.3) is 0 Å². The third-order valence-corrected chi connectivity index (χ3v) is 5.72. The molecule has 0 bridgehead atoms. The van der Waals surface area contributed by atoms with Crippen molar-refractivity contribution in [2.24, 2.45) is 5.92 Å². The van der Waals surface area contributed by atoms with E-state index in [4.69, 9.17) is 11.6 Å². The van der Waals surface area contributed by atoms with Crippen LogP contribution in [0.4, 0.5) is 0 Å². The number of ketones is 1. The first kappa shape index (κ1) is 20.5. The third kappa shape index (κ3) is 5.33. The smallest absolute Gasteiger partial charge is 0.165 e. The first-order valence-corrected chi connectivity index (χ1v) is 10.4. The van der Waals surface area contributed by atoms with Crippen molar-refractivity contribution in [2.75, 3.05) is 0 Å². The fourth-order valence-electron chi connectivity index (χ4n) is 2.47. The van der Waals surface area contributed by atoms with Crippen molar-refractivity contribution in [3.63, 3.8) is 0 Å². The van der Waals surface area contributed by atoms with Crippen LogP contribution in [-0.2, 0) is 12.4 Å². The highest BCUT2D eigenvalue weighted by Gasteiger charge is 2.11. The molecular weight excluding hydrogens is 362 g/mol. The molecule has 0 saturated heterocycles. The highest BCUT2D eigenvalue weighted by atomic mass is 35.5. The van der Waals surface area contributed by atoms with E-state index in [1.165, 1.54) is 16.8 Å². The Morgan fingerprint density at radius 2 is 1.73 bits per heavy atom. The van der Waals surface area contributed by atoms with Gasteiger partial charge in [-0.05, 0) is 24.5 Å². The summed E-state index contributed by atoms with van der Waals surface area (Å²) >= 11 is 7.50. The summed E-state index contributed by atoms with van der Waals surface area (Å²) in [7, 11) is 0. The molecule has 3 aromatic rings. The maximum Gasteiger partial charge on any atom is 0.165 e. The van der Waals surface area contributed by atoms with E-state index < -0.39 is 0 Å². The number of rotatable bonds is 6. The van der Waals surface area contributed by atoms with Crippen LogP contribution in [0.25, 0.3) is 11.3 Å². The molecule has 0 N–H and O–H groups in total. The summed E-state index contributed by atoms with van der Waals surface area (Å²) in [6, 6.07) is 17.9. The molecule has 0 aliphatic carbocycles. The molecule has 0 saturated carbocycles. The van der Waals surface area contributed by atoms with Crippen LogP contribution in [0.2, 0.25) is 0 Å². The minimum Gasteiger partial charge on any atom is -0.297 e. The molecule has 0 aliphatic heterocycles. The number of halogens is 1. The molecule has 4 heteroatoms. The van der Waals surface area contributed by atoms with Crippen LogP contribution in [0.15, 0.2) is 60.0 Å². The number of hydrogen-bond donors (Lipinski definition) is 0. The molecule has 0 radical (unpaired) electrons. The molecule has 1 aromatic heterocycles. The van der Waals surface area contributed by atoms with E-state index in [1.807, 2.05) is 44.2 Å². The quantitative estimate of drug-likeness (QED) is 0.333. The van der Waals surface area contributed by atoms with Crippen molar-refractivity contribution in [1.82, 2.24) is 3.96 Å². The van der Waals surface area contributed by atoms with Gasteiger partial charge in [-0.15, -0.1) is 11.6 Å². The van der Waals surface area contributed by atoms with Crippen LogP contribution >= 0.6 is 23.1 Å². The zero-order chi connectivity index (χ0) is 18.9. The van der Waals surface area contributed by atoms with E-state index in [0.717, 1.165) is 18.5 Å². The Morgan fingerprint density at radius 3 is 2.19 bits per heavy atom. The number of hydrogen-bond acceptors (Lipinski definition) is 2. The maximum atomic E-state index is 11.6. The van der Waals surface area contributed by atoms with Gasteiger partial charge in [-0.3, -0.25) is 8.75 Å². The Labute approximate surface area is 165 Å². The Bertz CT molecular complexity index is 789. The van der Waals surface area contributed by atoms with E-state index in [2.05, 4.69) is 40.5 Å². The predicted octanol–water partition coefficient (Wildman–Crippen LogP) is 6.89. The lowest BCUT2D eigenvalue weighted by Gasteiger charge is -2.14. The fourth-order valence-corrected chi connectivity index (χ4v) is 3.40. The number of aryl methyl sites for hydroxylation is 1. The van der Waals surface area contributed by atoms with Crippen LogP contribution in [-0.4, -0.2) is 9.74 Å². The standard InChI is InChI=1S/C11H12ClNS.C11H14O/c1-2-13-11(8-14-13)10-5-3-9(7-12)4-6-10;1-3-9(2)11(12)10-7-5-4-6-8-10/h3-6,8H,2,7H2,1H3;4-9H,3H2,1-2H3. The third-order valence-electron chi connectivity index (χ3n) is 4.37. The largest absolute Gasteiger partial charge is 0.297 e. The SMILES string of the molecule is CCC(C)C(=O)c1ccccc1.CCn1scc1-c1ccc(CCl)cc1. The Balaban J connectivity index is 0.000000190. The van der Waals surface area contributed by atoms with Crippen LogP contribution in [0.5, 0.6) is 0 Å². The van der Waals surface area contributed by atoms with Crippen LogP contribution in [0.1, 0.15) is 43.1 Å². The van der Waals surface area contributed by atoms with Crippen molar-refractivity contribution in [3.05, 3.63) is 71.1 Å². The molecule has 3 rings (SSSR count). The van der Waals surface area contributed by atoms with Crippen molar-refractivity contribution < 1.29 is 4.79 Å². The van der Waals surface area contributed by atoms with Crippen molar-refractivity contribution in [2.45, 2.75) is 39.6 Å². The van der Waals surface area contributed by atoms with E-state index >= 15 is 0 Å².